The highest BCUT2D eigenvalue weighted by Crippen LogP contribution is 2.20. The standard InChI is InChI=1S/C15H17FN2/c1-11-14(17)3-2-4-15(11)18-10-9-12-5-7-13(16)8-6-12/h2-8,18H,9-10,17H2,1H3. The third kappa shape index (κ3) is 3.00. The first-order chi connectivity index (χ1) is 8.66. The largest absolute Gasteiger partial charge is 0.398 e. The molecule has 2 aromatic carbocycles. The van der Waals surface area contributed by atoms with Crippen LogP contribution in [-0.2, 0) is 6.42 Å². The Morgan fingerprint density at radius 1 is 1.11 bits per heavy atom. The van der Waals surface area contributed by atoms with Crippen LogP contribution in [0.15, 0.2) is 42.5 Å². The van der Waals surface area contributed by atoms with Gasteiger partial charge in [0.15, 0.2) is 0 Å². The van der Waals surface area contributed by atoms with Crippen molar-refractivity contribution in [3.63, 3.8) is 0 Å². The summed E-state index contributed by atoms with van der Waals surface area (Å²) in [5, 5.41) is 3.34. The minimum Gasteiger partial charge on any atom is -0.398 e. The van der Waals surface area contributed by atoms with Crippen molar-refractivity contribution in [3.05, 3.63) is 59.4 Å². The number of benzene rings is 2. The van der Waals surface area contributed by atoms with Crippen molar-refractivity contribution in [2.24, 2.45) is 0 Å². The third-order valence-electron chi connectivity index (χ3n) is 3.02. The molecule has 0 amide bonds. The summed E-state index contributed by atoms with van der Waals surface area (Å²) >= 11 is 0. The molecule has 0 bridgehead atoms. The minimum absolute atomic E-state index is 0.196. The van der Waals surface area contributed by atoms with Crippen LogP contribution in [0.5, 0.6) is 0 Å². The second kappa shape index (κ2) is 5.54. The van der Waals surface area contributed by atoms with Crippen LogP contribution in [0, 0.1) is 12.7 Å². The Hall–Kier alpha value is -2.03. The van der Waals surface area contributed by atoms with E-state index in [0.717, 1.165) is 35.5 Å². The Morgan fingerprint density at radius 3 is 2.56 bits per heavy atom. The Labute approximate surface area is 107 Å². The van der Waals surface area contributed by atoms with Gasteiger partial charge >= 0.3 is 0 Å². The number of hydrogen-bond acceptors (Lipinski definition) is 2. The van der Waals surface area contributed by atoms with Crippen LogP contribution in [0.4, 0.5) is 15.8 Å². The molecular formula is C15H17FN2. The Bertz CT molecular complexity index is 521. The molecule has 0 aliphatic rings. The van der Waals surface area contributed by atoms with Crippen LogP contribution >= 0.6 is 0 Å². The highest BCUT2D eigenvalue weighted by atomic mass is 19.1. The van der Waals surface area contributed by atoms with Crippen molar-refractivity contribution < 1.29 is 4.39 Å². The molecule has 0 aliphatic heterocycles. The van der Waals surface area contributed by atoms with E-state index >= 15 is 0 Å². The molecule has 0 heterocycles. The maximum Gasteiger partial charge on any atom is 0.123 e. The van der Waals surface area contributed by atoms with Crippen molar-refractivity contribution in [1.29, 1.82) is 0 Å². The fraction of sp³-hybridized carbons (Fsp3) is 0.200. The summed E-state index contributed by atoms with van der Waals surface area (Å²) in [6.07, 6.45) is 0.856. The fourth-order valence-corrected chi connectivity index (χ4v) is 1.84. The third-order valence-corrected chi connectivity index (χ3v) is 3.02. The molecule has 2 rings (SSSR count). The highest BCUT2D eigenvalue weighted by Gasteiger charge is 2.00. The van der Waals surface area contributed by atoms with Crippen molar-refractivity contribution in [2.45, 2.75) is 13.3 Å². The van der Waals surface area contributed by atoms with Crippen molar-refractivity contribution in [3.8, 4) is 0 Å². The summed E-state index contributed by atoms with van der Waals surface area (Å²) in [6.45, 7) is 2.80. The molecule has 0 fully saturated rings. The van der Waals surface area contributed by atoms with Crippen LogP contribution in [0.2, 0.25) is 0 Å². The average molecular weight is 244 g/mol. The quantitative estimate of drug-likeness (QED) is 0.809. The lowest BCUT2D eigenvalue weighted by atomic mass is 10.1. The molecule has 0 saturated carbocycles. The van der Waals surface area contributed by atoms with Gasteiger partial charge in [0.2, 0.25) is 0 Å². The molecule has 0 unspecified atom stereocenters. The molecule has 0 atom stereocenters. The molecule has 0 spiro atoms. The first kappa shape index (κ1) is 12.4. The molecular weight excluding hydrogens is 227 g/mol. The predicted octanol–water partition coefficient (Wildman–Crippen LogP) is 3.37. The van der Waals surface area contributed by atoms with Crippen LogP contribution in [0.3, 0.4) is 0 Å². The van der Waals surface area contributed by atoms with Gasteiger partial charge in [-0.3, -0.25) is 0 Å². The lowest BCUT2D eigenvalue weighted by Gasteiger charge is -2.11. The lowest BCUT2D eigenvalue weighted by Crippen LogP contribution is -2.06. The van der Waals surface area contributed by atoms with Gasteiger partial charge in [-0.25, -0.2) is 4.39 Å². The lowest BCUT2D eigenvalue weighted by molar-refractivity contribution is 0.627. The van der Waals surface area contributed by atoms with Gasteiger partial charge in [0, 0.05) is 17.9 Å². The normalized spacial score (nSPS) is 10.3. The zero-order valence-electron chi connectivity index (χ0n) is 10.4. The molecule has 0 aliphatic carbocycles. The zero-order chi connectivity index (χ0) is 13.0. The molecule has 0 radical (unpaired) electrons. The second-order valence-electron chi connectivity index (χ2n) is 4.32. The maximum absolute atomic E-state index is 12.7. The smallest absolute Gasteiger partial charge is 0.123 e. The summed E-state index contributed by atoms with van der Waals surface area (Å²) in [5.41, 5.74) is 9.87. The number of rotatable bonds is 4. The summed E-state index contributed by atoms with van der Waals surface area (Å²) in [5.74, 6) is -0.196. The number of nitrogens with two attached hydrogens (primary N) is 1. The van der Waals surface area contributed by atoms with Gasteiger partial charge in [-0.05, 0) is 48.7 Å². The zero-order valence-corrected chi connectivity index (χ0v) is 10.4. The summed E-state index contributed by atoms with van der Waals surface area (Å²) < 4.78 is 12.7. The van der Waals surface area contributed by atoms with Gasteiger partial charge in [0.1, 0.15) is 5.82 Å². The van der Waals surface area contributed by atoms with Gasteiger partial charge in [-0.1, -0.05) is 18.2 Å². The average Bonchev–Trinajstić information content (AvgIpc) is 2.37. The SMILES string of the molecule is Cc1c(N)cccc1NCCc1ccc(F)cc1. The van der Waals surface area contributed by atoms with E-state index in [1.54, 1.807) is 0 Å². The molecule has 3 heteroatoms. The van der Waals surface area contributed by atoms with E-state index in [1.165, 1.54) is 12.1 Å². The Kier molecular flexibility index (Phi) is 3.82. The van der Waals surface area contributed by atoms with Gasteiger partial charge in [-0.2, -0.15) is 0 Å². The van der Waals surface area contributed by atoms with Gasteiger partial charge < -0.3 is 11.1 Å². The van der Waals surface area contributed by atoms with Crippen molar-refractivity contribution in [1.82, 2.24) is 0 Å². The predicted molar refractivity (Wildman–Crippen MR) is 74.2 cm³/mol. The van der Waals surface area contributed by atoms with E-state index in [9.17, 15) is 4.39 Å². The molecule has 94 valence electrons. The van der Waals surface area contributed by atoms with Gasteiger partial charge in [0.25, 0.3) is 0 Å². The molecule has 18 heavy (non-hydrogen) atoms. The first-order valence-electron chi connectivity index (χ1n) is 6.00. The summed E-state index contributed by atoms with van der Waals surface area (Å²) in [7, 11) is 0. The Balaban J connectivity index is 1.92. The van der Waals surface area contributed by atoms with E-state index in [0.29, 0.717) is 0 Å². The molecule has 0 aromatic heterocycles. The van der Waals surface area contributed by atoms with Crippen molar-refractivity contribution >= 4 is 11.4 Å². The van der Waals surface area contributed by atoms with Gasteiger partial charge in [0.05, 0.1) is 0 Å². The molecule has 2 aromatic rings. The maximum atomic E-state index is 12.7. The van der Waals surface area contributed by atoms with E-state index < -0.39 is 0 Å². The second-order valence-corrected chi connectivity index (χ2v) is 4.32. The van der Waals surface area contributed by atoms with E-state index in [2.05, 4.69) is 5.32 Å². The van der Waals surface area contributed by atoms with Crippen LogP contribution in [0.1, 0.15) is 11.1 Å². The number of halogens is 1. The van der Waals surface area contributed by atoms with Crippen LogP contribution < -0.4 is 11.1 Å². The molecule has 0 saturated heterocycles. The highest BCUT2D eigenvalue weighted by molar-refractivity contribution is 5.62. The van der Waals surface area contributed by atoms with E-state index in [1.807, 2.05) is 37.3 Å². The van der Waals surface area contributed by atoms with Gasteiger partial charge in [-0.15, -0.1) is 0 Å². The molecule has 2 nitrogen and oxygen atoms in total. The molecule has 3 N–H and O–H groups in total. The van der Waals surface area contributed by atoms with E-state index in [4.69, 9.17) is 5.73 Å². The summed E-state index contributed by atoms with van der Waals surface area (Å²) in [4.78, 5) is 0. The summed E-state index contributed by atoms with van der Waals surface area (Å²) in [6, 6.07) is 12.4. The number of anilines is 2. The minimum atomic E-state index is -0.196. The fourth-order valence-electron chi connectivity index (χ4n) is 1.84. The van der Waals surface area contributed by atoms with Crippen LogP contribution in [0.25, 0.3) is 0 Å². The van der Waals surface area contributed by atoms with Crippen molar-refractivity contribution in [2.75, 3.05) is 17.6 Å². The Morgan fingerprint density at radius 2 is 1.83 bits per heavy atom. The topological polar surface area (TPSA) is 38.0 Å². The number of nitrogens with one attached hydrogen (secondary N) is 1. The number of hydrogen-bond donors (Lipinski definition) is 2. The number of nitrogen functional groups attached to an aromatic ring is 1. The van der Waals surface area contributed by atoms with E-state index in [-0.39, 0.29) is 5.82 Å². The first-order valence-corrected chi connectivity index (χ1v) is 6.00. The van der Waals surface area contributed by atoms with Crippen LogP contribution in [-0.4, -0.2) is 6.54 Å². The monoisotopic (exact) mass is 244 g/mol.